The topological polar surface area (TPSA) is 78.5 Å². The first-order valence-corrected chi connectivity index (χ1v) is 9.71. The van der Waals surface area contributed by atoms with E-state index in [1.54, 1.807) is 11.9 Å². The molecule has 2 N–H and O–H groups in total. The fraction of sp³-hybridized carbons (Fsp3) is 0.842. The van der Waals surface area contributed by atoms with Crippen LogP contribution in [0.4, 0.5) is 0 Å². The third-order valence-corrected chi connectivity index (χ3v) is 5.74. The molecule has 0 radical (unpaired) electrons. The van der Waals surface area contributed by atoms with E-state index < -0.39 is 0 Å². The maximum atomic E-state index is 12.4. The minimum atomic E-state index is -0.0219. The standard InChI is InChI=1S/C19H33N3O3/c1-4-17(23)20-15-7-5-6-14(11-15)13(2)10-18(24)21-16-8-9-22(3)19(25)12-16/h13-16H,4-12H2,1-3H3,(H,20,23)(H,21,24). The molecule has 142 valence electrons. The lowest BCUT2D eigenvalue weighted by Crippen LogP contribution is -2.46. The highest BCUT2D eigenvalue weighted by Gasteiger charge is 2.29. The average Bonchev–Trinajstić information content (AvgIpc) is 2.58. The molecule has 0 spiro atoms. The third-order valence-electron chi connectivity index (χ3n) is 5.74. The number of nitrogens with one attached hydrogen (secondary N) is 2. The maximum Gasteiger partial charge on any atom is 0.224 e. The molecule has 0 bridgehead atoms. The fourth-order valence-corrected chi connectivity index (χ4v) is 4.02. The van der Waals surface area contributed by atoms with Gasteiger partial charge >= 0.3 is 0 Å². The van der Waals surface area contributed by atoms with Crippen molar-refractivity contribution in [1.82, 2.24) is 15.5 Å². The predicted octanol–water partition coefficient (Wildman–Crippen LogP) is 1.83. The summed E-state index contributed by atoms with van der Waals surface area (Å²) in [6, 6.07) is 0.231. The molecule has 6 nitrogen and oxygen atoms in total. The van der Waals surface area contributed by atoms with Crippen LogP contribution in [0.3, 0.4) is 0 Å². The number of likely N-dealkylation sites (tertiary alicyclic amines) is 1. The molecule has 25 heavy (non-hydrogen) atoms. The molecular weight excluding hydrogens is 318 g/mol. The maximum absolute atomic E-state index is 12.4. The predicted molar refractivity (Wildman–Crippen MR) is 96.8 cm³/mol. The molecule has 0 aromatic carbocycles. The van der Waals surface area contributed by atoms with Crippen LogP contribution in [-0.4, -0.2) is 48.3 Å². The van der Waals surface area contributed by atoms with Crippen LogP contribution in [-0.2, 0) is 14.4 Å². The Morgan fingerprint density at radius 1 is 1.16 bits per heavy atom. The quantitative estimate of drug-likeness (QED) is 0.766. The van der Waals surface area contributed by atoms with Crippen LogP contribution >= 0.6 is 0 Å². The number of amides is 3. The number of nitrogens with zero attached hydrogens (tertiary/aromatic N) is 1. The van der Waals surface area contributed by atoms with E-state index >= 15 is 0 Å². The van der Waals surface area contributed by atoms with Crippen molar-refractivity contribution in [2.45, 2.75) is 77.3 Å². The molecule has 1 saturated heterocycles. The van der Waals surface area contributed by atoms with Gasteiger partial charge in [-0.1, -0.05) is 26.7 Å². The number of rotatable bonds is 6. The second kappa shape index (κ2) is 9.20. The molecule has 6 heteroatoms. The van der Waals surface area contributed by atoms with E-state index in [0.29, 0.717) is 37.6 Å². The Bertz CT molecular complexity index is 494. The van der Waals surface area contributed by atoms with Gasteiger partial charge in [0.25, 0.3) is 0 Å². The minimum Gasteiger partial charge on any atom is -0.353 e. The van der Waals surface area contributed by atoms with Crippen molar-refractivity contribution in [3.8, 4) is 0 Å². The Hall–Kier alpha value is -1.59. The van der Waals surface area contributed by atoms with E-state index in [-0.39, 0.29) is 29.8 Å². The van der Waals surface area contributed by atoms with Crippen LogP contribution in [0.15, 0.2) is 0 Å². The molecule has 2 rings (SSSR count). The van der Waals surface area contributed by atoms with Crippen molar-refractivity contribution in [3.63, 3.8) is 0 Å². The Kier molecular flexibility index (Phi) is 7.26. The van der Waals surface area contributed by atoms with Crippen molar-refractivity contribution < 1.29 is 14.4 Å². The SMILES string of the molecule is CCC(=O)NC1CCCC(C(C)CC(=O)NC2CCN(C)C(=O)C2)C1. The highest BCUT2D eigenvalue weighted by molar-refractivity contribution is 5.80. The van der Waals surface area contributed by atoms with Crippen LogP contribution in [0.5, 0.6) is 0 Å². The van der Waals surface area contributed by atoms with Crippen molar-refractivity contribution in [2.24, 2.45) is 11.8 Å². The number of hydrogen-bond acceptors (Lipinski definition) is 3. The molecule has 4 unspecified atom stereocenters. The van der Waals surface area contributed by atoms with Gasteiger partial charge in [0.2, 0.25) is 17.7 Å². The molecule has 0 aromatic rings. The normalized spacial score (nSPS) is 28.4. The molecule has 1 aliphatic heterocycles. The van der Waals surface area contributed by atoms with Crippen LogP contribution in [0.1, 0.15) is 65.2 Å². The minimum absolute atomic E-state index is 0.0219. The molecule has 1 saturated carbocycles. The van der Waals surface area contributed by atoms with Crippen molar-refractivity contribution in [3.05, 3.63) is 0 Å². The number of hydrogen-bond donors (Lipinski definition) is 2. The van der Waals surface area contributed by atoms with E-state index in [1.807, 2.05) is 6.92 Å². The lowest BCUT2D eigenvalue weighted by atomic mass is 9.77. The third kappa shape index (κ3) is 6.01. The van der Waals surface area contributed by atoms with Gasteiger partial charge in [0.1, 0.15) is 0 Å². The van der Waals surface area contributed by atoms with Gasteiger partial charge in [-0.3, -0.25) is 14.4 Å². The highest BCUT2D eigenvalue weighted by atomic mass is 16.2. The van der Waals surface area contributed by atoms with Crippen LogP contribution in [0.25, 0.3) is 0 Å². The van der Waals surface area contributed by atoms with E-state index in [0.717, 1.165) is 32.1 Å². The Labute approximate surface area is 151 Å². The lowest BCUT2D eigenvalue weighted by molar-refractivity contribution is -0.133. The summed E-state index contributed by atoms with van der Waals surface area (Å²) >= 11 is 0. The first kappa shape index (κ1) is 19.7. The summed E-state index contributed by atoms with van der Waals surface area (Å²) in [7, 11) is 1.80. The van der Waals surface area contributed by atoms with Crippen molar-refractivity contribution >= 4 is 17.7 Å². The zero-order valence-corrected chi connectivity index (χ0v) is 15.8. The molecule has 0 aromatic heterocycles. The van der Waals surface area contributed by atoms with Crippen LogP contribution < -0.4 is 10.6 Å². The second-order valence-corrected chi connectivity index (χ2v) is 7.80. The van der Waals surface area contributed by atoms with E-state index in [1.165, 1.54) is 0 Å². The van der Waals surface area contributed by atoms with Gasteiger partial charge in [-0.15, -0.1) is 0 Å². The highest BCUT2D eigenvalue weighted by Crippen LogP contribution is 2.32. The van der Waals surface area contributed by atoms with E-state index in [4.69, 9.17) is 0 Å². The number of piperidine rings is 1. The van der Waals surface area contributed by atoms with Gasteiger partial charge in [0.05, 0.1) is 0 Å². The molecule has 3 amide bonds. The van der Waals surface area contributed by atoms with E-state index in [2.05, 4.69) is 17.6 Å². The van der Waals surface area contributed by atoms with Gasteiger partial charge in [-0.25, -0.2) is 0 Å². The van der Waals surface area contributed by atoms with Crippen molar-refractivity contribution in [1.29, 1.82) is 0 Å². The molecule has 1 heterocycles. The summed E-state index contributed by atoms with van der Waals surface area (Å²) in [5, 5.41) is 6.14. The first-order valence-electron chi connectivity index (χ1n) is 9.71. The average molecular weight is 351 g/mol. The van der Waals surface area contributed by atoms with Gasteiger partial charge in [0.15, 0.2) is 0 Å². The second-order valence-electron chi connectivity index (χ2n) is 7.80. The molecule has 2 aliphatic rings. The Morgan fingerprint density at radius 2 is 1.88 bits per heavy atom. The molecular formula is C19H33N3O3. The smallest absolute Gasteiger partial charge is 0.224 e. The summed E-state index contributed by atoms with van der Waals surface area (Å²) in [5.74, 6) is 1.04. The summed E-state index contributed by atoms with van der Waals surface area (Å²) < 4.78 is 0. The summed E-state index contributed by atoms with van der Waals surface area (Å²) in [5.41, 5.74) is 0. The molecule has 1 aliphatic carbocycles. The number of carbonyl (C=O) groups excluding carboxylic acids is 3. The molecule has 4 atom stereocenters. The van der Waals surface area contributed by atoms with Crippen molar-refractivity contribution in [2.75, 3.05) is 13.6 Å². The lowest BCUT2D eigenvalue weighted by Gasteiger charge is -2.34. The van der Waals surface area contributed by atoms with Crippen LogP contribution in [0.2, 0.25) is 0 Å². The first-order chi connectivity index (χ1) is 11.9. The van der Waals surface area contributed by atoms with Gasteiger partial charge in [-0.2, -0.15) is 0 Å². The fourth-order valence-electron chi connectivity index (χ4n) is 4.02. The summed E-state index contributed by atoms with van der Waals surface area (Å²) in [4.78, 5) is 37.4. The summed E-state index contributed by atoms with van der Waals surface area (Å²) in [6.45, 7) is 4.71. The zero-order chi connectivity index (χ0) is 18.4. The van der Waals surface area contributed by atoms with Gasteiger partial charge < -0.3 is 15.5 Å². The number of carbonyl (C=O) groups is 3. The zero-order valence-electron chi connectivity index (χ0n) is 15.8. The Balaban J connectivity index is 1.76. The Morgan fingerprint density at radius 3 is 2.56 bits per heavy atom. The van der Waals surface area contributed by atoms with E-state index in [9.17, 15) is 14.4 Å². The summed E-state index contributed by atoms with van der Waals surface area (Å²) in [6.07, 6.45) is 6.50. The van der Waals surface area contributed by atoms with Gasteiger partial charge in [-0.05, 0) is 31.1 Å². The largest absolute Gasteiger partial charge is 0.353 e. The van der Waals surface area contributed by atoms with Gasteiger partial charge in [0, 0.05) is 44.9 Å². The monoisotopic (exact) mass is 351 g/mol. The molecule has 2 fully saturated rings. The van der Waals surface area contributed by atoms with Crippen LogP contribution in [0, 0.1) is 11.8 Å².